The Morgan fingerprint density at radius 2 is 1.61 bits per heavy atom. The van der Waals surface area contributed by atoms with Gasteiger partial charge < -0.3 is 9.73 Å². The molecule has 0 bridgehead atoms. The van der Waals surface area contributed by atoms with Crippen molar-refractivity contribution < 1.29 is 4.42 Å². The molecule has 0 unspecified atom stereocenters. The van der Waals surface area contributed by atoms with Gasteiger partial charge in [-0.15, -0.1) is 0 Å². The molecule has 0 saturated carbocycles. The van der Waals surface area contributed by atoms with Gasteiger partial charge >= 0.3 is 0 Å². The molecule has 2 aromatic heterocycles. The van der Waals surface area contributed by atoms with Crippen LogP contribution in [0.1, 0.15) is 0 Å². The van der Waals surface area contributed by atoms with Crippen molar-refractivity contribution in [2.45, 2.75) is 0 Å². The van der Waals surface area contributed by atoms with Crippen molar-refractivity contribution in [3.8, 4) is 22.7 Å². The van der Waals surface area contributed by atoms with Crippen LogP contribution in [-0.2, 0) is 0 Å². The number of fused-ring (bicyclic) bond motifs is 1. The zero-order valence-electron chi connectivity index (χ0n) is 14.9. The first-order valence-corrected chi connectivity index (χ1v) is 8.96. The lowest BCUT2D eigenvalue weighted by atomic mass is 10.1. The molecule has 28 heavy (non-hydrogen) atoms. The molecule has 0 aliphatic heterocycles. The number of hydrogen-bond donors (Lipinski definition) is 1. The third kappa shape index (κ3) is 3.21. The SMILES string of the molecule is c1cc(Nc2ccc(-c3cccnn3)cc2)cc(-c2nc3ccccc3o2)c1. The van der Waals surface area contributed by atoms with Gasteiger partial charge in [-0.3, -0.25) is 0 Å². The lowest BCUT2D eigenvalue weighted by molar-refractivity contribution is 0.620. The highest BCUT2D eigenvalue weighted by atomic mass is 16.3. The molecule has 1 N–H and O–H groups in total. The fraction of sp³-hybridized carbons (Fsp3) is 0. The van der Waals surface area contributed by atoms with Crippen molar-refractivity contribution in [2.24, 2.45) is 0 Å². The summed E-state index contributed by atoms with van der Waals surface area (Å²) in [5, 5.41) is 11.5. The summed E-state index contributed by atoms with van der Waals surface area (Å²) >= 11 is 0. The summed E-state index contributed by atoms with van der Waals surface area (Å²) in [5.41, 5.74) is 6.41. The maximum atomic E-state index is 5.87. The predicted molar refractivity (Wildman–Crippen MR) is 110 cm³/mol. The highest BCUT2D eigenvalue weighted by Gasteiger charge is 2.08. The Morgan fingerprint density at radius 1 is 0.714 bits per heavy atom. The van der Waals surface area contributed by atoms with Gasteiger partial charge in [0.1, 0.15) is 5.52 Å². The number of nitrogens with one attached hydrogen (secondary N) is 1. The number of hydrogen-bond acceptors (Lipinski definition) is 5. The molecule has 5 rings (SSSR count). The van der Waals surface area contributed by atoms with E-state index in [4.69, 9.17) is 4.42 Å². The number of nitrogens with zero attached hydrogens (tertiary/aromatic N) is 3. The van der Waals surface area contributed by atoms with Gasteiger partial charge in [-0.2, -0.15) is 10.2 Å². The van der Waals surface area contributed by atoms with Gasteiger partial charge in [0, 0.05) is 28.7 Å². The molecule has 0 atom stereocenters. The Bertz CT molecular complexity index is 1200. The summed E-state index contributed by atoms with van der Waals surface area (Å²) in [6.07, 6.45) is 1.67. The van der Waals surface area contributed by atoms with Crippen LogP contribution >= 0.6 is 0 Å². The molecule has 0 fully saturated rings. The van der Waals surface area contributed by atoms with Crippen LogP contribution in [0.5, 0.6) is 0 Å². The van der Waals surface area contributed by atoms with Gasteiger partial charge in [-0.25, -0.2) is 4.98 Å². The van der Waals surface area contributed by atoms with Gasteiger partial charge in [-0.1, -0.05) is 30.3 Å². The molecule has 2 heterocycles. The molecule has 5 nitrogen and oxygen atoms in total. The number of benzene rings is 3. The molecule has 0 spiro atoms. The summed E-state index contributed by atoms with van der Waals surface area (Å²) in [6.45, 7) is 0. The van der Waals surface area contributed by atoms with Gasteiger partial charge in [0.15, 0.2) is 5.58 Å². The van der Waals surface area contributed by atoms with Crippen molar-refractivity contribution >= 4 is 22.5 Å². The van der Waals surface area contributed by atoms with Gasteiger partial charge in [0.05, 0.1) is 5.69 Å². The Kier molecular flexibility index (Phi) is 4.03. The summed E-state index contributed by atoms with van der Waals surface area (Å²) in [7, 11) is 0. The Balaban J connectivity index is 1.39. The summed E-state index contributed by atoms with van der Waals surface area (Å²) < 4.78 is 5.87. The van der Waals surface area contributed by atoms with E-state index >= 15 is 0 Å². The summed E-state index contributed by atoms with van der Waals surface area (Å²) in [5.74, 6) is 0.614. The maximum absolute atomic E-state index is 5.87. The molecular formula is C23H16N4O. The smallest absolute Gasteiger partial charge is 0.227 e. The second kappa shape index (κ2) is 6.96. The van der Waals surface area contributed by atoms with Crippen LogP contribution in [0, 0.1) is 0 Å². The van der Waals surface area contributed by atoms with Crippen molar-refractivity contribution in [1.29, 1.82) is 0 Å². The number of oxazole rings is 1. The number of rotatable bonds is 4. The van der Waals surface area contributed by atoms with E-state index in [1.165, 1.54) is 0 Å². The number of anilines is 2. The van der Waals surface area contributed by atoms with Crippen LogP contribution in [0.4, 0.5) is 11.4 Å². The summed E-state index contributed by atoms with van der Waals surface area (Å²) in [6, 6.07) is 27.7. The molecule has 5 heteroatoms. The van der Waals surface area contributed by atoms with Crippen LogP contribution in [0.25, 0.3) is 33.8 Å². The third-order valence-electron chi connectivity index (χ3n) is 4.45. The Labute approximate surface area is 161 Å². The molecule has 134 valence electrons. The quantitative estimate of drug-likeness (QED) is 0.443. The zero-order valence-corrected chi connectivity index (χ0v) is 14.9. The van der Waals surface area contributed by atoms with Crippen LogP contribution < -0.4 is 5.32 Å². The van der Waals surface area contributed by atoms with Gasteiger partial charge in [-0.05, 0) is 54.6 Å². The predicted octanol–water partition coefficient (Wildman–Crippen LogP) is 5.70. The Morgan fingerprint density at radius 3 is 2.43 bits per heavy atom. The Hall–Kier alpha value is -3.99. The van der Waals surface area contributed by atoms with Gasteiger partial charge in [0.25, 0.3) is 0 Å². The van der Waals surface area contributed by atoms with Crippen LogP contribution in [0.2, 0.25) is 0 Å². The van der Waals surface area contributed by atoms with Gasteiger partial charge in [0.2, 0.25) is 5.89 Å². The van der Waals surface area contributed by atoms with E-state index < -0.39 is 0 Å². The molecule has 5 aromatic rings. The molecule has 0 saturated heterocycles. The van der Waals surface area contributed by atoms with Crippen LogP contribution in [-0.4, -0.2) is 15.2 Å². The fourth-order valence-electron chi connectivity index (χ4n) is 3.07. The second-order valence-electron chi connectivity index (χ2n) is 6.38. The topological polar surface area (TPSA) is 63.8 Å². The lowest BCUT2D eigenvalue weighted by Gasteiger charge is -2.08. The molecule has 0 radical (unpaired) electrons. The monoisotopic (exact) mass is 364 g/mol. The third-order valence-corrected chi connectivity index (χ3v) is 4.45. The molecule has 3 aromatic carbocycles. The van der Waals surface area contributed by atoms with Crippen LogP contribution in [0.15, 0.2) is 95.5 Å². The standard InChI is InChI=1S/C23H16N4O/c1-2-9-22-21(7-1)26-23(28-22)17-5-3-6-19(15-17)25-18-12-10-16(11-13-18)20-8-4-14-24-27-20/h1-15,25H. The van der Waals surface area contributed by atoms with E-state index in [0.717, 1.165) is 39.3 Å². The van der Waals surface area contributed by atoms with Crippen molar-refractivity contribution in [3.05, 3.63) is 91.1 Å². The number of aromatic nitrogens is 3. The lowest BCUT2D eigenvalue weighted by Crippen LogP contribution is -1.91. The first kappa shape index (κ1) is 16.2. The number of para-hydroxylation sites is 2. The van der Waals surface area contributed by atoms with Crippen LogP contribution in [0.3, 0.4) is 0 Å². The van der Waals surface area contributed by atoms with E-state index in [-0.39, 0.29) is 0 Å². The highest BCUT2D eigenvalue weighted by molar-refractivity contribution is 5.77. The molecular weight excluding hydrogens is 348 g/mol. The first-order valence-electron chi connectivity index (χ1n) is 8.96. The van der Waals surface area contributed by atoms with Crippen molar-refractivity contribution in [3.63, 3.8) is 0 Å². The first-order chi connectivity index (χ1) is 13.8. The average molecular weight is 364 g/mol. The zero-order chi connectivity index (χ0) is 18.8. The molecule has 0 aliphatic rings. The molecule has 0 amide bonds. The maximum Gasteiger partial charge on any atom is 0.227 e. The highest BCUT2D eigenvalue weighted by Crippen LogP contribution is 2.28. The minimum Gasteiger partial charge on any atom is -0.436 e. The van der Waals surface area contributed by atoms with E-state index in [9.17, 15) is 0 Å². The molecule has 0 aliphatic carbocycles. The fourth-order valence-corrected chi connectivity index (χ4v) is 3.07. The second-order valence-corrected chi connectivity index (χ2v) is 6.38. The van der Waals surface area contributed by atoms with E-state index in [1.807, 2.05) is 84.9 Å². The van der Waals surface area contributed by atoms with E-state index in [2.05, 4.69) is 20.5 Å². The summed E-state index contributed by atoms with van der Waals surface area (Å²) in [4.78, 5) is 4.57. The largest absolute Gasteiger partial charge is 0.436 e. The normalized spacial score (nSPS) is 10.9. The average Bonchev–Trinajstić information content (AvgIpc) is 3.20. The van der Waals surface area contributed by atoms with E-state index in [0.29, 0.717) is 5.89 Å². The van der Waals surface area contributed by atoms with Crippen molar-refractivity contribution in [2.75, 3.05) is 5.32 Å². The minimum atomic E-state index is 0.614. The van der Waals surface area contributed by atoms with E-state index in [1.54, 1.807) is 6.20 Å². The van der Waals surface area contributed by atoms with Crippen molar-refractivity contribution in [1.82, 2.24) is 15.2 Å². The minimum absolute atomic E-state index is 0.614.